The van der Waals surface area contributed by atoms with Gasteiger partial charge in [-0.05, 0) is 49.3 Å². The number of amides is 1. The number of hydrogen-bond donors (Lipinski definition) is 1. The monoisotopic (exact) mass is 337 g/mol. The second-order valence-corrected chi connectivity index (χ2v) is 6.71. The normalized spacial score (nSPS) is 23.2. The lowest BCUT2D eigenvalue weighted by Gasteiger charge is -2.19. The van der Waals surface area contributed by atoms with Crippen molar-refractivity contribution in [3.05, 3.63) is 34.9 Å². The summed E-state index contributed by atoms with van der Waals surface area (Å²) in [5.74, 6) is 0.0620. The molecule has 2 aliphatic rings. The van der Waals surface area contributed by atoms with E-state index in [0.717, 1.165) is 43.5 Å². The van der Waals surface area contributed by atoms with Crippen LogP contribution in [-0.2, 0) is 11.2 Å². The zero-order valence-electron chi connectivity index (χ0n) is 11.5. The van der Waals surface area contributed by atoms with Gasteiger partial charge in [-0.15, -0.1) is 0 Å². The zero-order chi connectivity index (χ0) is 13.9. The van der Waals surface area contributed by atoms with Gasteiger partial charge in [0, 0.05) is 23.5 Å². The van der Waals surface area contributed by atoms with Crippen molar-refractivity contribution in [3.63, 3.8) is 0 Å². The lowest BCUT2D eigenvalue weighted by atomic mass is 9.95. The van der Waals surface area contributed by atoms with Crippen molar-refractivity contribution in [1.82, 2.24) is 5.32 Å². The summed E-state index contributed by atoms with van der Waals surface area (Å²) < 4.78 is 5.66. The Balaban J connectivity index is 1.66. The first-order chi connectivity index (χ1) is 9.74. The molecule has 0 radical (unpaired) electrons. The highest BCUT2D eigenvalue weighted by atomic mass is 79.9. The van der Waals surface area contributed by atoms with Crippen molar-refractivity contribution >= 4 is 21.8 Å². The van der Waals surface area contributed by atoms with Crippen LogP contribution in [0.15, 0.2) is 18.2 Å². The molecule has 20 heavy (non-hydrogen) atoms. The second kappa shape index (κ2) is 6.27. The Hall–Kier alpha value is -0.870. The number of carbonyl (C=O) groups excluding carboxylic acids is 1. The fourth-order valence-electron chi connectivity index (χ4n) is 3.00. The Morgan fingerprint density at radius 1 is 1.45 bits per heavy atom. The van der Waals surface area contributed by atoms with E-state index in [2.05, 4.69) is 33.4 Å². The number of fused-ring (bicyclic) bond motifs is 1. The van der Waals surface area contributed by atoms with Crippen molar-refractivity contribution < 1.29 is 9.53 Å². The van der Waals surface area contributed by atoms with Gasteiger partial charge < -0.3 is 10.1 Å². The van der Waals surface area contributed by atoms with Crippen LogP contribution in [-0.4, -0.2) is 25.2 Å². The largest absolute Gasteiger partial charge is 0.378 e. The first-order valence-electron chi connectivity index (χ1n) is 7.41. The SMILES string of the molecule is O=C1NCCc2ccc(C(Br)CCC3CCCO3)cc21. The van der Waals surface area contributed by atoms with Crippen LogP contribution in [0.5, 0.6) is 0 Å². The van der Waals surface area contributed by atoms with E-state index in [9.17, 15) is 4.79 Å². The van der Waals surface area contributed by atoms with E-state index in [0.29, 0.717) is 10.9 Å². The van der Waals surface area contributed by atoms with Gasteiger partial charge in [0.05, 0.1) is 6.10 Å². The highest BCUT2D eigenvalue weighted by Gasteiger charge is 2.20. The summed E-state index contributed by atoms with van der Waals surface area (Å²) in [5, 5.41) is 2.91. The van der Waals surface area contributed by atoms with Gasteiger partial charge >= 0.3 is 0 Å². The van der Waals surface area contributed by atoms with Crippen LogP contribution in [0, 0.1) is 0 Å². The van der Waals surface area contributed by atoms with Crippen molar-refractivity contribution in [1.29, 1.82) is 0 Å². The Labute approximate surface area is 128 Å². The summed E-state index contributed by atoms with van der Waals surface area (Å²) >= 11 is 3.75. The summed E-state index contributed by atoms with van der Waals surface area (Å²) in [6.45, 7) is 1.67. The molecule has 0 bridgehead atoms. The van der Waals surface area contributed by atoms with Crippen LogP contribution < -0.4 is 5.32 Å². The first-order valence-corrected chi connectivity index (χ1v) is 8.32. The fraction of sp³-hybridized carbons (Fsp3) is 0.562. The van der Waals surface area contributed by atoms with Gasteiger partial charge in [0.25, 0.3) is 5.91 Å². The number of carbonyl (C=O) groups is 1. The summed E-state index contributed by atoms with van der Waals surface area (Å²) in [4.78, 5) is 12.2. The topological polar surface area (TPSA) is 38.3 Å². The van der Waals surface area contributed by atoms with Crippen LogP contribution in [0.4, 0.5) is 0 Å². The number of nitrogens with one attached hydrogen (secondary N) is 1. The van der Waals surface area contributed by atoms with E-state index in [1.54, 1.807) is 0 Å². The van der Waals surface area contributed by atoms with Crippen LogP contribution in [0.1, 0.15) is 52.0 Å². The molecule has 1 N–H and O–H groups in total. The molecule has 1 saturated heterocycles. The van der Waals surface area contributed by atoms with Crippen LogP contribution in [0.2, 0.25) is 0 Å². The van der Waals surface area contributed by atoms with Crippen molar-refractivity contribution in [3.8, 4) is 0 Å². The van der Waals surface area contributed by atoms with Crippen LogP contribution >= 0.6 is 15.9 Å². The van der Waals surface area contributed by atoms with E-state index in [-0.39, 0.29) is 5.91 Å². The number of rotatable bonds is 4. The lowest BCUT2D eigenvalue weighted by Crippen LogP contribution is -2.31. The molecular weight excluding hydrogens is 318 g/mol. The zero-order valence-corrected chi connectivity index (χ0v) is 13.1. The van der Waals surface area contributed by atoms with Gasteiger partial charge in [0.15, 0.2) is 0 Å². The van der Waals surface area contributed by atoms with Gasteiger partial charge in [-0.1, -0.05) is 28.1 Å². The fourth-order valence-corrected chi connectivity index (χ4v) is 3.54. The molecule has 2 heterocycles. The maximum atomic E-state index is 11.9. The molecule has 4 heteroatoms. The molecule has 1 aromatic carbocycles. The second-order valence-electron chi connectivity index (χ2n) is 5.60. The highest BCUT2D eigenvalue weighted by Crippen LogP contribution is 2.32. The van der Waals surface area contributed by atoms with Gasteiger partial charge in [0.1, 0.15) is 0 Å². The number of alkyl halides is 1. The smallest absolute Gasteiger partial charge is 0.251 e. The van der Waals surface area contributed by atoms with E-state index in [4.69, 9.17) is 4.74 Å². The summed E-state index contributed by atoms with van der Waals surface area (Å²) in [6.07, 6.45) is 5.87. The first kappa shape index (κ1) is 14.1. The molecule has 1 amide bonds. The van der Waals surface area contributed by atoms with E-state index in [1.807, 2.05) is 6.07 Å². The Kier molecular flexibility index (Phi) is 4.41. The molecule has 3 rings (SSSR count). The van der Waals surface area contributed by atoms with Gasteiger partial charge in [-0.3, -0.25) is 4.79 Å². The number of benzene rings is 1. The molecule has 2 aliphatic heterocycles. The Morgan fingerprint density at radius 2 is 2.35 bits per heavy atom. The average molecular weight is 338 g/mol. The van der Waals surface area contributed by atoms with Gasteiger partial charge in [-0.2, -0.15) is 0 Å². The molecule has 0 aliphatic carbocycles. The molecule has 2 unspecified atom stereocenters. The number of halogens is 1. The van der Waals surface area contributed by atoms with Crippen LogP contribution in [0.25, 0.3) is 0 Å². The number of hydrogen-bond acceptors (Lipinski definition) is 2. The van der Waals surface area contributed by atoms with E-state index in [1.165, 1.54) is 18.4 Å². The minimum atomic E-state index is 0.0620. The molecule has 1 aromatic rings. The summed E-state index contributed by atoms with van der Waals surface area (Å²) in [7, 11) is 0. The predicted molar refractivity (Wildman–Crippen MR) is 82.4 cm³/mol. The minimum Gasteiger partial charge on any atom is -0.378 e. The van der Waals surface area contributed by atoms with Crippen LogP contribution in [0.3, 0.4) is 0 Å². The predicted octanol–water partition coefficient (Wildman–Crippen LogP) is 3.37. The van der Waals surface area contributed by atoms with Gasteiger partial charge in [-0.25, -0.2) is 0 Å². The third-order valence-corrected chi connectivity index (χ3v) is 5.17. The Morgan fingerprint density at radius 3 is 3.15 bits per heavy atom. The average Bonchev–Trinajstić information content (AvgIpc) is 2.98. The quantitative estimate of drug-likeness (QED) is 0.855. The van der Waals surface area contributed by atoms with Gasteiger partial charge in [0.2, 0.25) is 0 Å². The molecule has 108 valence electrons. The van der Waals surface area contributed by atoms with Crippen molar-refractivity contribution in [2.24, 2.45) is 0 Å². The molecule has 1 fully saturated rings. The highest BCUT2D eigenvalue weighted by molar-refractivity contribution is 9.09. The minimum absolute atomic E-state index is 0.0620. The maximum absolute atomic E-state index is 11.9. The molecule has 0 aromatic heterocycles. The molecule has 3 nitrogen and oxygen atoms in total. The molecule has 0 spiro atoms. The maximum Gasteiger partial charge on any atom is 0.251 e. The van der Waals surface area contributed by atoms with E-state index >= 15 is 0 Å². The third-order valence-electron chi connectivity index (χ3n) is 4.19. The molecule has 0 saturated carbocycles. The van der Waals surface area contributed by atoms with Crippen molar-refractivity contribution in [2.75, 3.05) is 13.2 Å². The summed E-state index contributed by atoms with van der Waals surface area (Å²) in [6, 6.07) is 6.29. The molecular formula is C16H20BrNO2. The third kappa shape index (κ3) is 3.07. The van der Waals surface area contributed by atoms with Crippen molar-refractivity contribution in [2.45, 2.75) is 43.0 Å². The molecule has 2 atom stereocenters. The summed E-state index contributed by atoms with van der Waals surface area (Å²) in [5.41, 5.74) is 3.20. The van der Waals surface area contributed by atoms with E-state index < -0.39 is 0 Å². The standard InChI is InChI=1S/C16H20BrNO2/c17-15(6-5-13-2-1-9-20-13)12-4-3-11-7-8-18-16(19)14(11)10-12/h3-4,10,13,15H,1-2,5-9H2,(H,18,19). The Bertz CT molecular complexity index is 497. The lowest BCUT2D eigenvalue weighted by molar-refractivity contribution is 0.0945. The number of ether oxygens (including phenoxy) is 1.